The maximum atomic E-state index is 8.81. The van der Waals surface area contributed by atoms with Crippen molar-refractivity contribution < 1.29 is 4.74 Å². The third-order valence-electron chi connectivity index (χ3n) is 2.59. The van der Waals surface area contributed by atoms with Crippen molar-refractivity contribution in [2.24, 2.45) is 0 Å². The number of nitrogens with zero attached hydrogens (tertiary/aromatic N) is 3. The van der Waals surface area contributed by atoms with Crippen LogP contribution in [0.1, 0.15) is 19.5 Å². The van der Waals surface area contributed by atoms with Crippen molar-refractivity contribution in [1.29, 1.82) is 5.26 Å². The van der Waals surface area contributed by atoms with Gasteiger partial charge in [-0.05, 0) is 26.0 Å². The second-order valence-electron chi connectivity index (χ2n) is 4.16. The van der Waals surface area contributed by atoms with E-state index in [0.29, 0.717) is 5.69 Å². The number of rotatable bonds is 1. The molecule has 2 unspecified atom stereocenters. The Kier molecular flexibility index (Phi) is 3.07. The maximum absolute atomic E-state index is 8.81. The highest BCUT2D eigenvalue weighted by atomic mass is 16.5. The summed E-state index contributed by atoms with van der Waals surface area (Å²) in [5, 5.41) is 8.81. The van der Waals surface area contributed by atoms with Crippen LogP contribution in [0.15, 0.2) is 18.2 Å². The number of hydrogen-bond donors (Lipinski definition) is 0. The van der Waals surface area contributed by atoms with E-state index >= 15 is 0 Å². The molecule has 16 heavy (non-hydrogen) atoms. The van der Waals surface area contributed by atoms with Gasteiger partial charge >= 0.3 is 0 Å². The quantitative estimate of drug-likeness (QED) is 0.716. The zero-order valence-electron chi connectivity index (χ0n) is 9.55. The lowest BCUT2D eigenvalue weighted by Gasteiger charge is -2.36. The molecule has 0 bridgehead atoms. The van der Waals surface area contributed by atoms with Crippen molar-refractivity contribution in [3.63, 3.8) is 0 Å². The molecule has 0 aromatic carbocycles. The van der Waals surface area contributed by atoms with E-state index in [1.54, 1.807) is 6.07 Å². The fourth-order valence-electron chi connectivity index (χ4n) is 2.03. The van der Waals surface area contributed by atoms with Crippen molar-refractivity contribution in [3.8, 4) is 6.07 Å². The first-order valence-electron chi connectivity index (χ1n) is 5.46. The number of hydrogen-bond acceptors (Lipinski definition) is 4. The number of pyridine rings is 1. The Morgan fingerprint density at radius 3 is 2.69 bits per heavy atom. The summed E-state index contributed by atoms with van der Waals surface area (Å²) in [6.45, 7) is 5.76. The summed E-state index contributed by atoms with van der Waals surface area (Å²) >= 11 is 0. The fraction of sp³-hybridized carbons (Fsp3) is 0.500. The van der Waals surface area contributed by atoms with Crippen molar-refractivity contribution in [1.82, 2.24) is 4.98 Å². The highest BCUT2D eigenvalue weighted by Gasteiger charge is 2.23. The van der Waals surface area contributed by atoms with Crippen molar-refractivity contribution in [3.05, 3.63) is 23.9 Å². The molecule has 4 nitrogen and oxygen atoms in total. The summed E-state index contributed by atoms with van der Waals surface area (Å²) in [5.74, 6) is 0.862. The van der Waals surface area contributed by atoms with Gasteiger partial charge < -0.3 is 9.64 Å². The van der Waals surface area contributed by atoms with Gasteiger partial charge in [0.1, 0.15) is 17.6 Å². The SMILES string of the molecule is CC1CN(c2cccc(C#N)n2)CC(C)O1. The molecule has 0 N–H and O–H groups in total. The minimum atomic E-state index is 0.205. The summed E-state index contributed by atoms with van der Waals surface area (Å²) in [6, 6.07) is 7.58. The Labute approximate surface area is 95.5 Å². The molecule has 0 saturated carbocycles. The number of aromatic nitrogens is 1. The van der Waals surface area contributed by atoms with Crippen LogP contribution in [-0.4, -0.2) is 30.3 Å². The van der Waals surface area contributed by atoms with E-state index in [2.05, 4.69) is 29.8 Å². The van der Waals surface area contributed by atoms with Crippen LogP contribution in [-0.2, 0) is 4.74 Å². The van der Waals surface area contributed by atoms with Crippen LogP contribution < -0.4 is 4.90 Å². The van der Waals surface area contributed by atoms with Crippen LogP contribution in [0.2, 0.25) is 0 Å². The Morgan fingerprint density at radius 2 is 2.06 bits per heavy atom. The zero-order chi connectivity index (χ0) is 11.5. The minimum absolute atomic E-state index is 0.205. The van der Waals surface area contributed by atoms with E-state index in [1.807, 2.05) is 12.1 Å². The van der Waals surface area contributed by atoms with E-state index in [-0.39, 0.29) is 12.2 Å². The van der Waals surface area contributed by atoms with Crippen LogP contribution in [0.4, 0.5) is 5.82 Å². The average Bonchev–Trinajstić information content (AvgIpc) is 2.28. The molecule has 0 radical (unpaired) electrons. The van der Waals surface area contributed by atoms with Crippen LogP contribution in [0.25, 0.3) is 0 Å². The van der Waals surface area contributed by atoms with Gasteiger partial charge in [0.25, 0.3) is 0 Å². The molecule has 2 rings (SSSR count). The first kappa shape index (κ1) is 10.9. The Hall–Kier alpha value is -1.60. The van der Waals surface area contributed by atoms with Gasteiger partial charge in [0.2, 0.25) is 0 Å². The summed E-state index contributed by atoms with van der Waals surface area (Å²) in [6.07, 6.45) is 0.410. The molecular weight excluding hydrogens is 202 g/mol. The monoisotopic (exact) mass is 217 g/mol. The summed E-state index contributed by atoms with van der Waals surface area (Å²) in [4.78, 5) is 6.46. The number of morpholine rings is 1. The second-order valence-corrected chi connectivity index (χ2v) is 4.16. The predicted molar refractivity (Wildman–Crippen MR) is 61.2 cm³/mol. The number of nitriles is 1. The van der Waals surface area contributed by atoms with Gasteiger partial charge in [-0.3, -0.25) is 0 Å². The fourth-order valence-corrected chi connectivity index (χ4v) is 2.03. The van der Waals surface area contributed by atoms with Gasteiger partial charge in [-0.15, -0.1) is 0 Å². The maximum Gasteiger partial charge on any atom is 0.142 e. The molecule has 1 saturated heterocycles. The zero-order valence-corrected chi connectivity index (χ0v) is 9.55. The standard InChI is InChI=1S/C12H15N3O/c1-9-7-15(8-10(2)16-9)12-5-3-4-11(6-13)14-12/h3-5,9-10H,7-8H2,1-2H3. The van der Waals surface area contributed by atoms with Gasteiger partial charge in [0.15, 0.2) is 0 Å². The molecular formula is C12H15N3O. The summed E-state index contributed by atoms with van der Waals surface area (Å²) in [7, 11) is 0. The summed E-state index contributed by atoms with van der Waals surface area (Å²) in [5.41, 5.74) is 0.462. The molecule has 1 aromatic heterocycles. The lowest BCUT2D eigenvalue weighted by Crippen LogP contribution is -2.45. The van der Waals surface area contributed by atoms with Crippen molar-refractivity contribution in [2.45, 2.75) is 26.1 Å². The van der Waals surface area contributed by atoms with Gasteiger partial charge in [-0.25, -0.2) is 4.98 Å². The molecule has 2 heterocycles. The molecule has 0 aliphatic carbocycles. The highest BCUT2D eigenvalue weighted by Crippen LogP contribution is 2.18. The normalized spacial score (nSPS) is 25.2. The molecule has 1 fully saturated rings. The van der Waals surface area contributed by atoms with Crippen molar-refractivity contribution >= 4 is 5.82 Å². The van der Waals surface area contributed by atoms with E-state index in [0.717, 1.165) is 18.9 Å². The van der Waals surface area contributed by atoms with E-state index < -0.39 is 0 Å². The van der Waals surface area contributed by atoms with Crippen LogP contribution in [0.5, 0.6) is 0 Å². The lowest BCUT2D eigenvalue weighted by atomic mass is 10.2. The Morgan fingerprint density at radius 1 is 1.38 bits per heavy atom. The molecule has 84 valence electrons. The van der Waals surface area contributed by atoms with Gasteiger partial charge in [-0.1, -0.05) is 6.07 Å². The van der Waals surface area contributed by atoms with E-state index in [9.17, 15) is 0 Å². The molecule has 0 spiro atoms. The van der Waals surface area contributed by atoms with Gasteiger partial charge in [0, 0.05) is 13.1 Å². The Balaban J connectivity index is 2.20. The molecule has 1 aliphatic rings. The van der Waals surface area contributed by atoms with E-state index in [1.165, 1.54) is 0 Å². The molecule has 4 heteroatoms. The second kappa shape index (κ2) is 4.50. The van der Waals surface area contributed by atoms with Crippen molar-refractivity contribution in [2.75, 3.05) is 18.0 Å². The topological polar surface area (TPSA) is 49.2 Å². The number of ether oxygens (including phenoxy) is 1. The molecule has 1 aromatic rings. The molecule has 0 amide bonds. The smallest absolute Gasteiger partial charge is 0.142 e. The Bertz CT molecular complexity index is 403. The highest BCUT2D eigenvalue weighted by molar-refractivity contribution is 5.42. The van der Waals surface area contributed by atoms with Crippen LogP contribution in [0.3, 0.4) is 0 Å². The predicted octanol–water partition coefficient (Wildman–Crippen LogP) is 1.57. The first-order chi connectivity index (χ1) is 7.69. The number of anilines is 1. The molecule has 1 aliphatic heterocycles. The minimum Gasteiger partial charge on any atom is -0.372 e. The van der Waals surface area contributed by atoms with Crippen LogP contribution in [0, 0.1) is 11.3 Å². The van der Waals surface area contributed by atoms with Crippen LogP contribution >= 0.6 is 0 Å². The average molecular weight is 217 g/mol. The first-order valence-corrected chi connectivity index (χ1v) is 5.46. The molecule has 2 atom stereocenters. The largest absolute Gasteiger partial charge is 0.372 e. The van der Waals surface area contributed by atoms with E-state index in [4.69, 9.17) is 10.00 Å². The third kappa shape index (κ3) is 2.31. The summed E-state index contributed by atoms with van der Waals surface area (Å²) < 4.78 is 5.66. The van der Waals surface area contributed by atoms with Gasteiger partial charge in [-0.2, -0.15) is 5.26 Å². The third-order valence-corrected chi connectivity index (χ3v) is 2.59. The van der Waals surface area contributed by atoms with Gasteiger partial charge in [0.05, 0.1) is 12.2 Å². The lowest BCUT2D eigenvalue weighted by molar-refractivity contribution is -0.00546.